The number of hydrogen-bond acceptors (Lipinski definition) is 3. The summed E-state index contributed by atoms with van der Waals surface area (Å²) >= 11 is 0. The normalized spacial score (nSPS) is 34.1. The van der Waals surface area contributed by atoms with Gasteiger partial charge >= 0.3 is 0 Å². The number of aliphatic hydroxyl groups excluding tert-OH is 1. The Balaban J connectivity index is 1.50. The lowest BCUT2D eigenvalue weighted by Gasteiger charge is -2.32. The highest BCUT2D eigenvalue weighted by Gasteiger charge is 2.26. The van der Waals surface area contributed by atoms with Gasteiger partial charge in [-0.2, -0.15) is 0 Å². The molecule has 3 N–H and O–H groups in total. The predicted octanol–water partition coefficient (Wildman–Crippen LogP) is 0.346. The zero-order chi connectivity index (χ0) is 9.80. The molecular formula is C11H22N2O. The summed E-state index contributed by atoms with van der Waals surface area (Å²) in [4.78, 5) is 0. The van der Waals surface area contributed by atoms with Gasteiger partial charge in [0.1, 0.15) is 0 Å². The minimum absolute atomic E-state index is 0.000630. The van der Waals surface area contributed by atoms with Crippen LogP contribution >= 0.6 is 0 Å². The molecule has 0 atom stereocenters. The van der Waals surface area contributed by atoms with Crippen molar-refractivity contribution in [3.8, 4) is 0 Å². The topological polar surface area (TPSA) is 44.3 Å². The average molecular weight is 198 g/mol. The molecule has 1 saturated carbocycles. The molecule has 2 fully saturated rings. The van der Waals surface area contributed by atoms with E-state index in [4.69, 9.17) is 5.11 Å². The Kier molecular flexibility index (Phi) is 3.79. The Morgan fingerprint density at radius 3 is 2.36 bits per heavy atom. The summed E-state index contributed by atoms with van der Waals surface area (Å²) in [6, 6.07) is 0. The van der Waals surface area contributed by atoms with Gasteiger partial charge in [-0.25, -0.2) is 0 Å². The molecule has 0 amide bonds. The van der Waals surface area contributed by atoms with Crippen molar-refractivity contribution >= 4 is 0 Å². The Bertz CT molecular complexity index is 163. The molecule has 2 rings (SSSR count). The number of nitrogens with one attached hydrogen (secondary N) is 2. The van der Waals surface area contributed by atoms with E-state index in [1.807, 2.05) is 0 Å². The summed E-state index contributed by atoms with van der Waals surface area (Å²) < 4.78 is 0. The zero-order valence-corrected chi connectivity index (χ0v) is 8.84. The van der Waals surface area contributed by atoms with Gasteiger partial charge in [0.2, 0.25) is 0 Å². The molecule has 1 aliphatic carbocycles. The van der Waals surface area contributed by atoms with E-state index in [-0.39, 0.29) is 6.10 Å². The maximum atomic E-state index is 9.13. The smallest absolute Gasteiger partial charge is 0.0546 e. The van der Waals surface area contributed by atoms with Gasteiger partial charge in [-0.15, -0.1) is 0 Å². The molecule has 3 heteroatoms. The van der Waals surface area contributed by atoms with Gasteiger partial charge in [-0.05, 0) is 63.7 Å². The van der Waals surface area contributed by atoms with Crippen molar-refractivity contribution in [2.45, 2.75) is 31.8 Å². The molecule has 0 aromatic rings. The molecule has 3 nitrogen and oxygen atoms in total. The van der Waals surface area contributed by atoms with Crippen LogP contribution in [-0.2, 0) is 0 Å². The SMILES string of the molecule is OC1CC(CNCC2CCNCC2)C1. The Labute approximate surface area is 86.3 Å². The van der Waals surface area contributed by atoms with Crippen molar-refractivity contribution in [2.24, 2.45) is 11.8 Å². The van der Waals surface area contributed by atoms with Crippen molar-refractivity contribution in [2.75, 3.05) is 26.2 Å². The second-order valence-corrected chi connectivity index (χ2v) is 4.84. The lowest BCUT2D eigenvalue weighted by molar-refractivity contribution is 0.0426. The first-order chi connectivity index (χ1) is 6.84. The molecule has 0 spiro atoms. The molecule has 0 radical (unpaired) electrons. The zero-order valence-electron chi connectivity index (χ0n) is 8.84. The second kappa shape index (κ2) is 5.10. The number of aliphatic hydroxyl groups is 1. The Hall–Kier alpha value is -0.120. The van der Waals surface area contributed by atoms with Crippen LogP contribution in [0.25, 0.3) is 0 Å². The van der Waals surface area contributed by atoms with Gasteiger partial charge in [0.05, 0.1) is 6.10 Å². The predicted molar refractivity (Wildman–Crippen MR) is 57.2 cm³/mol. The molecule has 0 aromatic carbocycles. The number of piperidine rings is 1. The van der Waals surface area contributed by atoms with E-state index in [1.54, 1.807) is 0 Å². The minimum atomic E-state index is 0.000630. The van der Waals surface area contributed by atoms with Crippen LogP contribution in [0, 0.1) is 11.8 Å². The van der Waals surface area contributed by atoms with Crippen molar-refractivity contribution in [1.82, 2.24) is 10.6 Å². The van der Waals surface area contributed by atoms with Crippen LogP contribution in [0.4, 0.5) is 0 Å². The number of rotatable bonds is 4. The molecule has 1 saturated heterocycles. The highest BCUT2D eigenvalue weighted by Crippen LogP contribution is 2.26. The maximum Gasteiger partial charge on any atom is 0.0546 e. The molecule has 1 aliphatic heterocycles. The van der Waals surface area contributed by atoms with Crippen molar-refractivity contribution < 1.29 is 5.11 Å². The van der Waals surface area contributed by atoms with Gasteiger partial charge in [0.25, 0.3) is 0 Å². The molecule has 2 aliphatic rings. The van der Waals surface area contributed by atoms with E-state index < -0.39 is 0 Å². The van der Waals surface area contributed by atoms with Crippen LogP contribution in [0.5, 0.6) is 0 Å². The van der Waals surface area contributed by atoms with Gasteiger partial charge in [-0.3, -0.25) is 0 Å². The molecule has 0 bridgehead atoms. The minimum Gasteiger partial charge on any atom is -0.393 e. The number of hydrogen-bond donors (Lipinski definition) is 3. The van der Waals surface area contributed by atoms with Crippen LogP contribution < -0.4 is 10.6 Å². The highest BCUT2D eigenvalue weighted by atomic mass is 16.3. The van der Waals surface area contributed by atoms with Crippen LogP contribution in [0.2, 0.25) is 0 Å². The van der Waals surface area contributed by atoms with E-state index in [1.165, 1.54) is 32.5 Å². The Morgan fingerprint density at radius 1 is 1.07 bits per heavy atom. The third kappa shape index (κ3) is 2.94. The average Bonchev–Trinajstić information content (AvgIpc) is 2.17. The largest absolute Gasteiger partial charge is 0.393 e. The second-order valence-electron chi connectivity index (χ2n) is 4.84. The van der Waals surface area contributed by atoms with Crippen LogP contribution in [0.1, 0.15) is 25.7 Å². The van der Waals surface area contributed by atoms with Gasteiger partial charge < -0.3 is 15.7 Å². The van der Waals surface area contributed by atoms with E-state index in [9.17, 15) is 0 Å². The van der Waals surface area contributed by atoms with Crippen LogP contribution in [0.15, 0.2) is 0 Å². The first kappa shape index (κ1) is 10.4. The molecular weight excluding hydrogens is 176 g/mol. The third-order valence-corrected chi connectivity index (χ3v) is 3.54. The summed E-state index contributed by atoms with van der Waals surface area (Å²) in [5, 5.41) is 16.1. The van der Waals surface area contributed by atoms with Crippen molar-refractivity contribution in [3.05, 3.63) is 0 Å². The standard InChI is InChI=1S/C11H22N2O/c14-11-5-10(6-11)8-13-7-9-1-3-12-4-2-9/h9-14H,1-8H2. The Morgan fingerprint density at radius 2 is 1.71 bits per heavy atom. The van der Waals surface area contributed by atoms with Crippen LogP contribution in [0.3, 0.4) is 0 Å². The van der Waals surface area contributed by atoms with E-state index in [2.05, 4.69) is 10.6 Å². The maximum absolute atomic E-state index is 9.13. The summed E-state index contributed by atoms with van der Waals surface area (Å²) in [5.74, 6) is 1.62. The van der Waals surface area contributed by atoms with Crippen LogP contribution in [-0.4, -0.2) is 37.4 Å². The fourth-order valence-corrected chi connectivity index (χ4v) is 2.44. The summed E-state index contributed by atoms with van der Waals surface area (Å²) in [6.07, 6.45) is 4.67. The molecule has 14 heavy (non-hydrogen) atoms. The molecule has 0 aromatic heterocycles. The molecule has 0 unspecified atom stereocenters. The fraction of sp³-hybridized carbons (Fsp3) is 1.00. The molecule has 1 heterocycles. The first-order valence-corrected chi connectivity index (χ1v) is 5.94. The summed E-state index contributed by atoms with van der Waals surface area (Å²) in [7, 11) is 0. The third-order valence-electron chi connectivity index (χ3n) is 3.54. The van der Waals surface area contributed by atoms with E-state index in [0.717, 1.165) is 31.2 Å². The van der Waals surface area contributed by atoms with Crippen molar-refractivity contribution in [1.29, 1.82) is 0 Å². The lowest BCUT2D eigenvalue weighted by Crippen LogP contribution is -2.39. The summed E-state index contributed by atoms with van der Waals surface area (Å²) in [5.41, 5.74) is 0. The van der Waals surface area contributed by atoms with Gasteiger partial charge in [-0.1, -0.05) is 0 Å². The highest BCUT2D eigenvalue weighted by molar-refractivity contribution is 4.80. The lowest BCUT2D eigenvalue weighted by atomic mass is 9.82. The van der Waals surface area contributed by atoms with E-state index >= 15 is 0 Å². The molecule has 82 valence electrons. The quantitative estimate of drug-likeness (QED) is 0.610. The monoisotopic (exact) mass is 198 g/mol. The summed E-state index contributed by atoms with van der Waals surface area (Å²) in [6.45, 7) is 4.66. The fourth-order valence-electron chi connectivity index (χ4n) is 2.44. The first-order valence-electron chi connectivity index (χ1n) is 5.94. The van der Waals surface area contributed by atoms with Crippen molar-refractivity contribution in [3.63, 3.8) is 0 Å². The van der Waals surface area contributed by atoms with Gasteiger partial charge in [0.15, 0.2) is 0 Å². The van der Waals surface area contributed by atoms with Gasteiger partial charge in [0, 0.05) is 0 Å². The van der Waals surface area contributed by atoms with E-state index in [0.29, 0.717) is 0 Å².